The van der Waals surface area contributed by atoms with E-state index in [1.54, 1.807) is 6.20 Å². The standard InChI is InChI=1S/C18H21N3O2/c1-12-10-13(2)20-17(22)16(12)18(23)21-9-4-3-7-15(21)14-6-5-8-19-11-14/h5-6,8,10-11,15H,3-4,7,9H2,1-2H3,(H,20,22)/t15-/m1/s1. The van der Waals surface area contributed by atoms with Crippen molar-refractivity contribution in [1.29, 1.82) is 0 Å². The quantitative estimate of drug-likeness (QED) is 0.927. The summed E-state index contributed by atoms with van der Waals surface area (Å²) in [5.41, 5.74) is 2.48. The summed E-state index contributed by atoms with van der Waals surface area (Å²) in [5, 5.41) is 0. The van der Waals surface area contributed by atoms with Gasteiger partial charge in [-0.25, -0.2) is 0 Å². The lowest BCUT2D eigenvalue weighted by molar-refractivity contribution is 0.0608. The highest BCUT2D eigenvalue weighted by molar-refractivity contribution is 5.95. The van der Waals surface area contributed by atoms with Crippen molar-refractivity contribution in [3.8, 4) is 0 Å². The summed E-state index contributed by atoms with van der Waals surface area (Å²) in [6.45, 7) is 4.31. The summed E-state index contributed by atoms with van der Waals surface area (Å²) in [4.78, 5) is 34.0. The molecule has 5 nitrogen and oxygen atoms in total. The highest BCUT2D eigenvalue weighted by Gasteiger charge is 2.30. The lowest BCUT2D eigenvalue weighted by Crippen LogP contribution is -2.41. The molecule has 2 aromatic heterocycles. The Bertz CT molecular complexity index is 768. The van der Waals surface area contributed by atoms with Gasteiger partial charge in [0.2, 0.25) is 0 Å². The average Bonchev–Trinajstić information content (AvgIpc) is 2.54. The van der Waals surface area contributed by atoms with Crippen LogP contribution in [0.4, 0.5) is 0 Å². The molecule has 1 atom stereocenters. The van der Waals surface area contributed by atoms with Crippen LogP contribution in [0.1, 0.15) is 52.5 Å². The maximum atomic E-state index is 13.0. The molecule has 5 heteroatoms. The molecule has 0 bridgehead atoms. The van der Waals surface area contributed by atoms with Crippen LogP contribution >= 0.6 is 0 Å². The van der Waals surface area contributed by atoms with Crippen molar-refractivity contribution in [3.63, 3.8) is 0 Å². The van der Waals surface area contributed by atoms with Crippen LogP contribution in [0.2, 0.25) is 0 Å². The van der Waals surface area contributed by atoms with Crippen molar-refractivity contribution in [1.82, 2.24) is 14.9 Å². The van der Waals surface area contributed by atoms with Crippen LogP contribution in [-0.4, -0.2) is 27.3 Å². The Kier molecular flexibility index (Phi) is 4.28. The lowest BCUT2D eigenvalue weighted by atomic mass is 9.95. The van der Waals surface area contributed by atoms with Gasteiger partial charge < -0.3 is 9.88 Å². The van der Waals surface area contributed by atoms with Gasteiger partial charge in [-0.15, -0.1) is 0 Å². The fourth-order valence-corrected chi connectivity index (χ4v) is 3.36. The number of hydrogen-bond acceptors (Lipinski definition) is 3. The molecule has 1 N–H and O–H groups in total. The molecule has 3 heterocycles. The zero-order valence-electron chi connectivity index (χ0n) is 13.5. The number of hydrogen-bond donors (Lipinski definition) is 1. The molecule has 0 unspecified atom stereocenters. The number of aromatic amines is 1. The zero-order valence-corrected chi connectivity index (χ0v) is 13.5. The number of rotatable bonds is 2. The van der Waals surface area contributed by atoms with Crippen molar-refractivity contribution >= 4 is 5.91 Å². The molecule has 0 radical (unpaired) electrons. The topological polar surface area (TPSA) is 66.1 Å². The summed E-state index contributed by atoms with van der Waals surface area (Å²) in [5.74, 6) is -0.183. The molecule has 2 aromatic rings. The summed E-state index contributed by atoms with van der Waals surface area (Å²) in [6, 6.07) is 5.72. The first-order valence-corrected chi connectivity index (χ1v) is 7.99. The van der Waals surface area contributed by atoms with E-state index in [2.05, 4.69) is 9.97 Å². The van der Waals surface area contributed by atoms with Gasteiger partial charge in [0.05, 0.1) is 6.04 Å². The number of amides is 1. The van der Waals surface area contributed by atoms with Crippen LogP contribution in [0.15, 0.2) is 35.4 Å². The molecule has 1 amide bonds. The Morgan fingerprint density at radius 1 is 1.35 bits per heavy atom. The third-order valence-corrected chi connectivity index (χ3v) is 4.41. The van der Waals surface area contributed by atoms with Crippen molar-refractivity contribution in [3.05, 3.63) is 63.3 Å². The molecule has 120 valence electrons. The van der Waals surface area contributed by atoms with Crippen LogP contribution in [-0.2, 0) is 0 Å². The number of nitrogens with one attached hydrogen (secondary N) is 1. The Balaban J connectivity index is 1.98. The van der Waals surface area contributed by atoms with Crippen LogP contribution in [0.3, 0.4) is 0 Å². The normalized spacial score (nSPS) is 18.0. The molecule has 0 saturated carbocycles. The summed E-state index contributed by atoms with van der Waals surface area (Å²) in [7, 11) is 0. The minimum absolute atomic E-state index is 0.00921. The molecule has 1 fully saturated rings. The van der Waals surface area contributed by atoms with Crippen LogP contribution < -0.4 is 5.56 Å². The van der Waals surface area contributed by atoms with E-state index < -0.39 is 0 Å². The predicted molar refractivity (Wildman–Crippen MR) is 88.4 cm³/mol. The molecule has 0 aromatic carbocycles. The zero-order chi connectivity index (χ0) is 16.4. The second-order valence-corrected chi connectivity index (χ2v) is 6.14. The van der Waals surface area contributed by atoms with Crippen LogP contribution in [0.5, 0.6) is 0 Å². The maximum Gasteiger partial charge on any atom is 0.261 e. The number of carbonyl (C=O) groups excluding carboxylic acids is 1. The van der Waals surface area contributed by atoms with E-state index in [-0.39, 0.29) is 23.1 Å². The number of likely N-dealkylation sites (tertiary alicyclic amines) is 1. The minimum atomic E-state index is -0.303. The molecular formula is C18H21N3O2. The SMILES string of the molecule is Cc1cc(C)c(C(=O)N2CCCC[C@@H]2c2cccnc2)c(=O)[nH]1. The van der Waals surface area contributed by atoms with Crippen molar-refractivity contribution in [2.75, 3.05) is 6.54 Å². The van der Waals surface area contributed by atoms with Gasteiger partial charge in [0.1, 0.15) is 5.56 Å². The molecule has 3 rings (SSSR count). The molecule has 1 aliphatic heterocycles. The third kappa shape index (κ3) is 3.04. The smallest absolute Gasteiger partial charge is 0.261 e. The molecule has 0 aliphatic carbocycles. The first-order valence-electron chi connectivity index (χ1n) is 7.99. The highest BCUT2D eigenvalue weighted by atomic mass is 16.2. The van der Waals surface area contributed by atoms with Gasteiger partial charge in [-0.2, -0.15) is 0 Å². The lowest BCUT2D eigenvalue weighted by Gasteiger charge is -2.36. The van der Waals surface area contributed by atoms with Gasteiger partial charge in [-0.05, 0) is 56.4 Å². The van der Waals surface area contributed by atoms with Gasteiger partial charge in [0.15, 0.2) is 0 Å². The van der Waals surface area contributed by atoms with Crippen molar-refractivity contribution < 1.29 is 4.79 Å². The van der Waals surface area contributed by atoms with Crippen molar-refractivity contribution in [2.24, 2.45) is 0 Å². The summed E-state index contributed by atoms with van der Waals surface area (Å²) >= 11 is 0. The number of nitrogens with zero attached hydrogens (tertiary/aromatic N) is 2. The van der Waals surface area contributed by atoms with E-state index in [1.807, 2.05) is 43.1 Å². The van der Waals surface area contributed by atoms with Crippen molar-refractivity contribution in [2.45, 2.75) is 39.2 Å². The number of H-pyrrole nitrogens is 1. The number of pyridine rings is 2. The van der Waals surface area contributed by atoms with Gasteiger partial charge in [0.25, 0.3) is 11.5 Å². The third-order valence-electron chi connectivity index (χ3n) is 4.41. The minimum Gasteiger partial charge on any atom is -0.331 e. The average molecular weight is 311 g/mol. The number of piperidine rings is 1. The predicted octanol–water partition coefficient (Wildman–Crippen LogP) is 2.75. The van der Waals surface area contributed by atoms with E-state index in [4.69, 9.17) is 0 Å². The van der Waals surface area contributed by atoms with E-state index in [1.165, 1.54) is 0 Å². The van der Waals surface area contributed by atoms with Crippen LogP contribution in [0.25, 0.3) is 0 Å². The first kappa shape index (κ1) is 15.5. The fourth-order valence-electron chi connectivity index (χ4n) is 3.36. The molecule has 0 spiro atoms. The highest BCUT2D eigenvalue weighted by Crippen LogP contribution is 2.31. The monoisotopic (exact) mass is 311 g/mol. The Labute approximate surface area is 135 Å². The van der Waals surface area contributed by atoms with Gasteiger partial charge in [-0.1, -0.05) is 6.07 Å². The van der Waals surface area contributed by atoms with E-state index >= 15 is 0 Å². The molecular weight excluding hydrogens is 290 g/mol. The van der Waals surface area contributed by atoms with Crippen LogP contribution in [0, 0.1) is 13.8 Å². The van der Waals surface area contributed by atoms with E-state index in [0.29, 0.717) is 6.54 Å². The first-order chi connectivity index (χ1) is 11.1. The largest absolute Gasteiger partial charge is 0.331 e. The number of aryl methyl sites for hydroxylation is 2. The van der Waals surface area contributed by atoms with E-state index in [9.17, 15) is 9.59 Å². The number of carbonyl (C=O) groups is 1. The molecule has 1 aliphatic rings. The Morgan fingerprint density at radius 3 is 2.87 bits per heavy atom. The van der Waals surface area contributed by atoms with E-state index in [0.717, 1.165) is 36.1 Å². The molecule has 23 heavy (non-hydrogen) atoms. The van der Waals surface area contributed by atoms with Gasteiger partial charge in [-0.3, -0.25) is 14.6 Å². The second kappa shape index (κ2) is 6.36. The number of aromatic nitrogens is 2. The van der Waals surface area contributed by atoms with Gasteiger partial charge >= 0.3 is 0 Å². The fraction of sp³-hybridized carbons (Fsp3) is 0.389. The molecule has 1 saturated heterocycles. The Morgan fingerprint density at radius 2 is 2.17 bits per heavy atom. The summed E-state index contributed by atoms with van der Waals surface area (Å²) in [6.07, 6.45) is 6.48. The summed E-state index contributed by atoms with van der Waals surface area (Å²) < 4.78 is 0. The second-order valence-electron chi connectivity index (χ2n) is 6.14. The Hall–Kier alpha value is -2.43. The maximum absolute atomic E-state index is 13.0. The van der Waals surface area contributed by atoms with Gasteiger partial charge in [0, 0.05) is 24.6 Å².